The zero-order valence-electron chi connectivity index (χ0n) is 13.9. The molecule has 0 radical (unpaired) electrons. The van der Waals surface area contributed by atoms with Gasteiger partial charge in [0, 0.05) is 31.9 Å². The van der Waals surface area contributed by atoms with E-state index in [1.54, 1.807) is 12.5 Å². The number of aryl methyl sites for hydroxylation is 2. The molecule has 2 aromatic rings. The van der Waals surface area contributed by atoms with Crippen molar-refractivity contribution in [2.45, 2.75) is 52.1 Å². The first-order valence-electron chi connectivity index (χ1n) is 8.45. The molecule has 0 N–H and O–H groups in total. The summed E-state index contributed by atoms with van der Waals surface area (Å²) in [6.45, 7) is 5.87. The zero-order valence-corrected chi connectivity index (χ0v) is 13.9. The van der Waals surface area contributed by atoms with Gasteiger partial charge in [0.15, 0.2) is 0 Å². The van der Waals surface area contributed by atoms with E-state index in [2.05, 4.69) is 11.9 Å². The van der Waals surface area contributed by atoms with Gasteiger partial charge in [-0.15, -0.1) is 0 Å². The molecule has 0 saturated carbocycles. The predicted molar refractivity (Wildman–Crippen MR) is 87.8 cm³/mol. The van der Waals surface area contributed by atoms with E-state index in [9.17, 15) is 4.79 Å². The molecule has 1 aliphatic heterocycles. The molecule has 23 heavy (non-hydrogen) atoms. The number of hydrogen-bond acceptors (Lipinski definition) is 3. The molecule has 0 spiro atoms. The fraction of sp³-hybridized carbons (Fsp3) is 0.556. The molecule has 3 heterocycles. The molecule has 0 bridgehead atoms. The number of aromatic nitrogens is 2. The van der Waals surface area contributed by atoms with Crippen molar-refractivity contribution in [1.82, 2.24) is 14.5 Å². The third-order valence-corrected chi connectivity index (χ3v) is 4.64. The number of likely N-dealkylation sites (tertiary alicyclic amines) is 1. The number of amides is 1. The lowest BCUT2D eigenvalue weighted by molar-refractivity contribution is -0.136. The van der Waals surface area contributed by atoms with Crippen molar-refractivity contribution in [3.8, 4) is 0 Å². The van der Waals surface area contributed by atoms with E-state index in [0.29, 0.717) is 12.3 Å². The lowest BCUT2D eigenvalue weighted by Gasteiger charge is -2.37. The molecule has 1 saturated heterocycles. The Balaban J connectivity index is 1.62. The molecule has 5 heteroatoms. The third kappa shape index (κ3) is 3.84. The number of imidazole rings is 1. The van der Waals surface area contributed by atoms with E-state index in [1.807, 2.05) is 34.7 Å². The predicted octanol–water partition coefficient (Wildman–Crippen LogP) is 3.56. The fourth-order valence-corrected chi connectivity index (χ4v) is 3.32. The van der Waals surface area contributed by atoms with Crippen molar-refractivity contribution in [1.29, 1.82) is 0 Å². The zero-order chi connectivity index (χ0) is 16.2. The summed E-state index contributed by atoms with van der Waals surface area (Å²) >= 11 is 0. The Hall–Kier alpha value is -2.04. The summed E-state index contributed by atoms with van der Waals surface area (Å²) in [5, 5.41) is 0. The SMILES string of the molecule is Cc1ccc([C@H]2C[C@@H](C)CCN2C(=O)CCCn2ccnc2)o1. The Morgan fingerprint density at radius 2 is 2.30 bits per heavy atom. The number of nitrogens with zero attached hydrogens (tertiary/aromatic N) is 3. The van der Waals surface area contributed by atoms with Crippen LogP contribution in [0.25, 0.3) is 0 Å². The van der Waals surface area contributed by atoms with Crippen molar-refractivity contribution >= 4 is 5.91 Å². The van der Waals surface area contributed by atoms with Crippen molar-refractivity contribution in [2.75, 3.05) is 6.54 Å². The summed E-state index contributed by atoms with van der Waals surface area (Å²) in [6, 6.07) is 4.09. The minimum atomic E-state index is 0.0909. The first kappa shape index (κ1) is 15.8. The van der Waals surface area contributed by atoms with E-state index >= 15 is 0 Å². The van der Waals surface area contributed by atoms with E-state index in [1.165, 1.54) is 0 Å². The van der Waals surface area contributed by atoms with Crippen LogP contribution in [0, 0.1) is 12.8 Å². The first-order chi connectivity index (χ1) is 11.1. The maximum Gasteiger partial charge on any atom is 0.223 e. The van der Waals surface area contributed by atoms with Gasteiger partial charge >= 0.3 is 0 Å². The average molecular weight is 315 g/mol. The van der Waals surface area contributed by atoms with Crippen LogP contribution < -0.4 is 0 Å². The normalized spacial score (nSPS) is 21.6. The topological polar surface area (TPSA) is 51.3 Å². The Kier molecular flexibility index (Phi) is 4.84. The summed E-state index contributed by atoms with van der Waals surface area (Å²) < 4.78 is 7.82. The maximum absolute atomic E-state index is 12.7. The van der Waals surface area contributed by atoms with Gasteiger partial charge in [-0.3, -0.25) is 4.79 Å². The maximum atomic E-state index is 12.7. The summed E-state index contributed by atoms with van der Waals surface area (Å²) in [4.78, 5) is 18.7. The number of hydrogen-bond donors (Lipinski definition) is 0. The summed E-state index contributed by atoms with van der Waals surface area (Å²) in [6.07, 6.45) is 8.96. The molecule has 0 aliphatic carbocycles. The summed E-state index contributed by atoms with van der Waals surface area (Å²) in [7, 11) is 0. The highest BCUT2D eigenvalue weighted by molar-refractivity contribution is 5.76. The minimum absolute atomic E-state index is 0.0909. The second kappa shape index (κ2) is 7.02. The Morgan fingerprint density at radius 3 is 3.00 bits per heavy atom. The van der Waals surface area contributed by atoms with Gasteiger partial charge in [0.25, 0.3) is 0 Å². The molecule has 2 aromatic heterocycles. The molecule has 5 nitrogen and oxygen atoms in total. The van der Waals surface area contributed by atoms with E-state index in [4.69, 9.17) is 4.42 Å². The van der Waals surface area contributed by atoms with Crippen LogP contribution in [0.3, 0.4) is 0 Å². The Bertz CT molecular complexity index is 632. The molecule has 1 amide bonds. The average Bonchev–Trinajstić information content (AvgIpc) is 3.18. The highest BCUT2D eigenvalue weighted by Crippen LogP contribution is 2.35. The molecule has 0 aromatic carbocycles. The van der Waals surface area contributed by atoms with Gasteiger partial charge in [0.2, 0.25) is 5.91 Å². The second-order valence-corrected chi connectivity index (χ2v) is 6.58. The van der Waals surface area contributed by atoms with Crippen LogP contribution in [-0.4, -0.2) is 26.9 Å². The molecule has 3 rings (SSSR count). The van der Waals surface area contributed by atoms with Gasteiger partial charge in [0.1, 0.15) is 11.5 Å². The van der Waals surface area contributed by atoms with Crippen LogP contribution in [0.4, 0.5) is 0 Å². The fourth-order valence-electron chi connectivity index (χ4n) is 3.32. The summed E-state index contributed by atoms with van der Waals surface area (Å²) in [5.74, 6) is 2.69. The van der Waals surface area contributed by atoms with Gasteiger partial charge in [-0.25, -0.2) is 4.98 Å². The lowest BCUT2D eigenvalue weighted by Crippen LogP contribution is -2.40. The van der Waals surface area contributed by atoms with Crippen molar-refractivity contribution in [3.05, 3.63) is 42.4 Å². The third-order valence-electron chi connectivity index (χ3n) is 4.64. The van der Waals surface area contributed by atoms with Crippen molar-refractivity contribution in [3.63, 3.8) is 0 Å². The molecule has 124 valence electrons. The molecular weight excluding hydrogens is 290 g/mol. The van der Waals surface area contributed by atoms with Crippen molar-refractivity contribution < 1.29 is 9.21 Å². The summed E-state index contributed by atoms with van der Waals surface area (Å²) in [5.41, 5.74) is 0. The van der Waals surface area contributed by atoms with Gasteiger partial charge < -0.3 is 13.9 Å². The van der Waals surface area contributed by atoms with E-state index < -0.39 is 0 Å². The van der Waals surface area contributed by atoms with Gasteiger partial charge in [-0.2, -0.15) is 0 Å². The highest BCUT2D eigenvalue weighted by Gasteiger charge is 2.32. The highest BCUT2D eigenvalue weighted by atomic mass is 16.3. The molecule has 2 atom stereocenters. The lowest BCUT2D eigenvalue weighted by atomic mass is 9.90. The minimum Gasteiger partial charge on any atom is -0.464 e. The second-order valence-electron chi connectivity index (χ2n) is 6.58. The smallest absolute Gasteiger partial charge is 0.223 e. The number of carbonyl (C=O) groups is 1. The largest absolute Gasteiger partial charge is 0.464 e. The van der Waals surface area contributed by atoms with Crippen LogP contribution in [0.2, 0.25) is 0 Å². The van der Waals surface area contributed by atoms with Gasteiger partial charge in [-0.1, -0.05) is 6.92 Å². The number of furan rings is 1. The van der Waals surface area contributed by atoms with Gasteiger partial charge in [0.05, 0.1) is 12.4 Å². The standard InChI is InChI=1S/C18H25N3O2/c1-14-7-10-21(16(12-14)17-6-5-15(2)23-17)18(22)4-3-9-20-11-8-19-13-20/h5-6,8,11,13-14,16H,3-4,7,9-10,12H2,1-2H3/t14-,16+/m0/s1. The van der Waals surface area contributed by atoms with Crippen LogP contribution in [-0.2, 0) is 11.3 Å². The van der Waals surface area contributed by atoms with E-state index in [0.717, 1.165) is 43.9 Å². The molecule has 1 aliphatic rings. The van der Waals surface area contributed by atoms with Crippen LogP contribution in [0.1, 0.15) is 50.2 Å². The van der Waals surface area contributed by atoms with Gasteiger partial charge in [-0.05, 0) is 44.2 Å². The van der Waals surface area contributed by atoms with Crippen LogP contribution in [0.5, 0.6) is 0 Å². The number of rotatable bonds is 5. The van der Waals surface area contributed by atoms with Crippen LogP contribution >= 0.6 is 0 Å². The molecule has 1 fully saturated rings. The van der Waals surface area contributed by atoms with Crippen molar-refractivity contribution in [2.24, 2.45) is 5.92 Å². The molecular formula is C18H25N3O2. The van der Waals surface area contributed by atoms with E-state index in [-0.39, 0.29) is 11.9 Å². The Morgan fingerprint density at radius 1 is 1.43 bits per heavy atom. The first-order valence-corrected chi connectivity index (χ1v) is 8.45. The van der Waals surface area contributed by atoms with Crippen LogP contribution in [0.15, 0.2) is 35.3 Å². The Labute approximate surface area is 137 Å². The number of piperidine rings is 1. The number of carbonyl (C=O) groups excluding carboxylic acids is 1. The monoisotopic (exact) mass is 315 g/mol. The quantitative estimate of drug-likeness (QED) is 0.847. The molecule has 0 unspecified atom stereocenters.